The van der Waals surface area contributed by atoms with Crippen LogP contribution < -0.4 is 5.56 Å². The smallest absolute Gasteiger partial charge is 0.267 e. The first-order valence-electron chi connectivity index (χ1n) is 8.14. The number of nitrogens with zero attached hydrogens (tertiary/aromatic N) is 3. The summed E-state index contributed by atoms with van der Waals surface area (Å²) in [7, 11) is -3.60. The fourth-order valence-electron chi connectivity index (χ4n) is 3.01. The van der Waals surface area contributed by atoms with Gasteiger partial charge in [0.1, 0.15) is 12.4 Å². The predicted molar refractivity (Wildman–Crippen MR) is 92.6 cm³/mol. The highest BCUT2D eigenvalue weighted by molar-refractivity contribution is 7.91. The topological polar surface area (TPSA) is 89.3 Å². The lowest BCUT2D eigenvalue weighted by Gasteiger charge is -2.20. The summed E-state index contributed by atoms with van der Waals surface area (Å²) in [6.07, 6.45) is 1.50. The van der Waals surface area contributed by atoms with E-state index in [-0.39, 0.29) is 37.4 Å². The molecule has 1 unspecified atom stereocenters. The molecule has 1 amide bonds. The van der Waals surface area contributed by atoms with E-state index in [4.69, 9.17) is 0 Å². The lowest BCUT2D eigenvalue weighted by Crippen LogP contribution is -2.38. The van der Waals surface area contributed by atoms with Gasteiger partial charge in [-0.3, -0.25) is 9.59 Å². The van der Waals surface area contributed by atoms with Crippen molar-refractivity contribution >= 4 is 15.7 Å². The van der Waals surface area contributed by atoms with Gasteiger partial charge in [0.25, 0.3) is 5.56 Å². The average molecular weight is 379 g/mol. The van der Waals surface area contributed by atoms with Crippen LogP contribution >= 0.6 is 0 Å². The molecule has 1 atom stereocenters. The molecule has 2 heterocycles. The molecule has 0 spiro atoms. The van der Waals surface area contributed by atoms with Crippen LogP contribution in [0.3, 0.4) is 0 Å². The van der Waals surface area contributed by atoms with E-state index in [2.05, 4.69) is 5.10 Å². The number of hydrogen-bond acceptors (Lipinski definition) is 5. The lowest BCUT2D eigenvalue weighted by molar-refractivity contribution is -0.131. The number of hydrogen-bond donors (Lipinski definition) is 0. The summed E-state index contributed by atoms with van der Waals surface area (Å²) >= 11 is 0. The summed E-state index contributed by atoms with van der Waals surface area (Å²) in [5.74, 6) is -1.22. The Labute approximate surface area is 150 Å². The van der Waals surface area contributed by atoms with Gasteiger partial charge in [0.15, 0.2) is 9.84 Å². The number of benzene rings is 1. The van der Waals surface area contributed by atoms with Crippen LogP contribution in [0.15, 0.2) is 47.4 Å². The standard InChI is InChI=1S/C17H18FN3O4S/c18-14-5-2-1-4-13(14)15-7-9-20(10-11-26(15,24)25)17(23)12-21-16(22)6-3-8-19-21/h1-6,8,15H,7,9-12H2. The number of amides is 1. The Kier molecular flexibility index (Phi) is 5.17. The number of carbonyl (C=O) groups excluding carboxylic acids is 1. The van der Waals surface area contributed by atoms with Crippen LogP contribution in [0.25, 0.3) is 0 Å². The van der Waals surface area contributed by atoms with Gasteiger partial charge in [-0.05, 0) is 18.6 Å². The Balaban J connectivity index is 1.78. The van der Waals surface area contributed by atoms with Crippen molar-refractivity contribution < 1.29 is 17.6 Å². The number of halogens is 1. The zero-order valence-electron chi connectivity index (χ0n) is 13.9. The van der Waals surface area contributed by atoms with Crippen LogP contribution in [0.5, 0.6) is 0 Å². The van der Waals surface area contributed by atoms with Crippen LogP contribution in [0.1, 0.15) is 17.2 Å². The summed E-state index contributed by atoms with van der Waals surface area (Å²) in [6.45, 7) is -0.0869. The van der Waals surface area contributed by atoms with E-state index in [1.54, 1.807) is 6.07 Å². The first kappa shape index (κ1) is 18.2. The summed E-state index contributed by atoms with van der Waals surface area (Å²) in [6, 6.07) is 8.55. The monoisotopic (exact) mass is 379 g/mol. The molecule has 1 aliphatic heterocycles. The molecule has 1 aromatic carbocycles. The van der Waals surface area contributed by atoms with Gasteiger partial charge >= 0.3 is 0 Å². The highest BCUT2D eigenvalue weighted by Gasteiger charge is 2.34. The third kappa shape index (κ3) is 3.82. The van der Waals surface area contributed by atoms with Crippen molar-refractivity contribution in [1.29, 1.82) is 0 Å². The Bertz CT molecular complexity index is 974. The van der Waals surface area contributed by atoms with Crippen molar-refractivity contribution in [2.75, 3.05) is 18.8 Å². The second kappa shape index (κ2) is 7.36. The average Bonchev–Trinajstić information content (AvgIpc) is 2.76. The molecule has 9 heteroatoms. The molecule has 138 valence electrons. The molecule has 0 bridgehead atoms. The van der Waals surface area contributed by atoms with Gasteiger partial charge in [-0.1, -0.05) is 18.2 Å². The quantitative estimate of drug-likeness (QED) is 0.786. The minimum atomic E-state index is -3.60. The highest BCUT2D eigenvalue weighted by atomic mass is 32.2. The van der Waals surface area contributed by atoms with Crippen LogP contribution in [0, 0.1) is 5.82 Å². The zero-order valence-corrected chi connectivity index (χ0v) is 14.7. The van der Waals surface area contributed by atoms with Crippen molar-refractivity contribution in [2.24, 2.45) is 0 Å². The molecule has 1 saturated heterocycles. The first-order valence-corrected chi connectivity index (χ1v) is 9.86. The fourth-order valence-corrected chi connectivity index (χ4v) is 4.81. The number of carbonyl (C=O) groups is 1. The van der Waals surface area contributed by atoms with E-state index in [0.717, 1.165) is 4.68 Å². The van der Waals surface area contributed by atoms with Crippen molar-refractivity contribution in [3.63, 3.8) is 0 Å². The summed E-state index contributed by atoms with van der Waals surface area (Å²) in [5, 5.41) is 2.84. The van der Waals surface area contributed by atoms with Gasteiger partial charge in [-0.2, -0.15) is 5.10 Å². The van der Waals surface area contributed by atoms with Crippen LogP contribution in [0.2, 0.25) is 0 Å². The van der Waals surface area contributed by atoms with E-state index in [9.17, 15) is 22.4 Å². The Morgan fingerprint density at radius 3 is 2.69 bits per heavy atom. The molecule has 1 fully saturated rings. The van der Waals surface area contributed by atoms with Gasteiger partial charge in [0.05, 0.1) is 11.0 Å². The molecule has 0 aliphatic carbocycles. The molecule has 0 N–H and O–H groups in total. The minimum absolute atomic E-state index is 0.00764. The third-order valence-corrected chi connectivity index (χ3v) is 6.52. The van der Waals surface area contributed by atoms with Crippen molar-refractivity contribution in [2.45, 2.75) is 18.2 Å². The summed E-state index contributed by atoms with van der Waals surface area (Å²) in [4.78, 5) is 25.5. The Hall–Kier alpha value is -2.55. The third-order valence-electron chi connectivity index (χ3n) is 4.42. The molecule has 1 aromatic heterocycles. The van der Waals surface area contributed by atoms with Crippen LogP contribution in [-0.2, 0) is 21.2 Å². The molecule has 1 aliphatic rings. The molecule has 26 heavy (non-hydrogen) atoms. The van der Waals surface area contributed by atoms with E-state index in [0.29, 0.717) is 0 Å². The summed E-state index contributed by atoms with van der Waals surface area (Å²) in [5.41, 5.74) is -0.282. The van der Waals surface area contributed by atoms with Crippen LogP contribution in [-0.4, -0.2) is 47.8 Å². The number of aromatic nitrogens is 2. The van der Waals surface area contributed by atoms with Crippen LogP contribution in [0.4, 0.5) is 4.39 Å². The number of sulfone groups is 1. The zero-order chi connectivity index (χ0) is 18.7. The highest BCUT2D eigenvalue weighted by Crippen LogP contribution is 2.31. The molecule has 7 nitrogen and oxygen atoms in total. The largest absolute Gasteiger partial charge is 0.340 e. The maximum atomic E-state index is 14.0. The van der Waals surface area contributed by atoms with Gasteiger partial charge in [0.2, 0.25) is 5.91 Å². The first-order chi connectivity index (χ1) is 12.4. The molecule has 2 aromatic rings. The maximum Gasteiger partial charge on any atom is 0.267 e. The van der Waals surface area contributed by atoms with Crippen molar-refractivity contribution in [3.05, 3.63) is 64.3 Å². The number of rotatable bonds is 3. The van der Waals surface area contributed by atoms with Gasteiger partial charge in [-0.15, -0.1) is 0 Å². The van der Waals surface area contributed by atoms with E-state index in [1.807, 2.05) is 0 Å². The normalized spacial score (nSPS) is 19.7. The second-order valence-electron chi connectivity index (χ2n) is 6.07. The fraction of sp³-hybridized carbons (Fsp3) is 0.353. The van der Waals surface area contributed by atoms with Gasteiger partial charge in [0, 0.05) is 30.9 Å². The molecular weight excluding hydrogens is 361 g/mol. The SMILES string of the molecule is O=C(Cn1ncccc1=O)N1CCC(c2ccccc2F)S(=O)(=O)CC1. The summed E-state index contributed by atoms with van der Waals surface area (Å²) < 4.78 is 40.2. The van der Waals surface area contributed by atoms with E-state index >= 15 is 0 Å². The maximum absolute atomic E-state index is 14.0. The Morgan fingerprint density at radius 2 is 1.96 bits per heavy atom. The van der Waals surface area contributed by atoms with Crippen molar-refractivity contribution in [1.82, 2.24) is 14.7 Å². The Morgan fingerprint density at radius 1 is 1.19 bits per heavy atom. The van der Waals surface area contributed by atoms with Crippen molar-refractivity contribution in [3.8, 4) is 0 Å². The predicted octanol–water partition coefficient (Wildman–Crippen LogP) is 0.771. The van der Waals surface area contributed by atoms with Gasteiger partial charge < -0.3 is 4.90 Å². The van der Waals surface area contributed by atoms with Gasteiger partial charge in [-0.25, -0.2) is 17.5 Å². The lowest BCUT2D eigenvalue weighted by atomic mass is 10.1. The second-order valence-corrected chi connectivity index (χ2v) is 8.37. The molecular formula is C17H18FN3O4S. The molecule has 0 saturated carbocycles. The minimum Gasteiger partial charge on any atom is -0.340 e. The van der Waals surface area contributed by atoms with E-state index < -0.39 is 32.4 Å². The van der Waals surface area contributed by atoms with E-state index in [1.165, 1.54) is 41.4 Å². The molecule has 0 radical (unpaired) electrons. The molecule has 3 rings (SSSR count).